The number of thiocarbonyl (C=S) groups is 1. The molecule has 0 heterocycles. The van der Waals surface area contributed by atoms with Crippen LogP contribution in [0.15, 0.2) is 18.2 Å². The van der Waals surface area contributed by atoms with Crippen molar-refractivity contribution in [2.45, 2.75) is 19.4 Å². The van der Waals surface area contributed by atoms with Gasteiger partial charge in [0.05, 0.1) is 16.6 Å². The molecule has 1 aromatic rings. The number of amides is 1. The zero-order valence-electron chi connectivity index (χ0n) is 9.24. The largest absolute Gasteiger partial charge is 0.507 e. The van der Waals surface area contributed by atoms with Crippen LogP contribution in [0, 0.1) is 0 Å². The molecule has 1 unspecified atom stereocenters. The third-order valence-corrected chi connectivity index (χ3v) is 2.78. The van der Waals surface area contributed by atoms with E-state index in [0.29, 0.717) is 11.4 Å². The van der Waals surface area contributed by atoms with Crippen LogP contribution in [0.2, 0.25) is 5.02 Å². The van der Waals surface area contributed by atoms with Crippen molar-refractivity contribution < 1.29 is 9.90 Å². The third-order valence-electron chi connectivity index (χ3n) is 2.26. The summed E-state index contributed by atoms with van der Waals surface area (Å²) in [6.45, 7) is 1.85. The normalized spacial score (nSPS) is 11.9. The molecule has 0 bridgehead atoms. The van der Waals surface area contributed by atoms with Crippen LogP contribution in [0.4, 0.5) is 0 Å². The molecule has 0 spiro atoms. The second-order valence-electron chi connectivity index (χ2n) is 3.50. The van der Waals surface area contributed by atoms with Gasteiger partial charge in [-0.15, -0.1) is 0 Å². The topological polar surface area (TPSA) is 75.3 Å². The lowest BCUT2D eigenvalue weighted by Gasteiger charge is -2.15. The quantitative estimate of drug-likeness (QED) is 0.731. The average Bonchev–Trinajstić information content (AvgIpc) is 2.28. The lowest BCUT2D eigenvalue weighted by Crippen LogP contribution is -2.43. The van der Waals surface area contributed by atoms with Gasteiger partial charge in [-0.2, -0.15) is 0 Å². The van der Waals surface area contributed by atoms with Crippen molar-refractivity contribution in [2.75, 3.05) is 0 Å². The van der Waals surface area contributed by atoms with Crippen LogP contribution >= 0.6 is 23.8 Å². The van der Waals surface area contributed by atoms with Gasteiger partial charge < -0.3 is 16.2 Å². The number of benzene rings is 1. The molecule has 1 amide bonds. The van der Waals surface area contributed by atoms with Gasteiger partial charge in [0.15, 0.2) is 0 Å². The van der Waals surface area contributed by atoms with Crippen molar-refractivity contribution in [3.05, 3.63) is 28.8 Å². The Hall–Kier alpha value is -1.33. The predicted molar refractivity (Wildman–Crippen MR) is 71.4 cm³/mol. The molecule has 92 valence electrons. The number of rotatable bonds is 4. The first-order valence-corrected chi connectivity index (χ1v) is 5.83. The maximum atomic E-state index is 11.8. The summed E-state index contributed by atoms with van der Waals surface area (Å²) >= 11 is 10.6. The molecule has 0 aromatic heterocycles. The van der Waals surface area contributed by atoms with Crippen LogP contribution in [0.3, 0.4) is 0 Å². The maximum absolute atomic E-state index is 11.8. The minimum absolute atomic E-state index is 0.104. The summed E-state index contributed by atoms with van der Waals surface area (Å²) in [6.07, 6.45) is 0.586. The van der Waals surface area contributed by atoms with Gasteiger partial charge >= 0.3 is 0 Å². The fourth-order valence-electron chi connectivity index (χ4n) is 1.30. The van der Waals surface area contributed by atoms with E-state index in [1.54, 1.807) is 0 Å². The smallest absolute Gasteiger partial charge is 0.255 e. The second-order valence-corrected chi connectivity index (χ2v) is 4.41. The number of aromatic hydroxyl groups is 1. The Morgan fingerprint density at radius 3 is 2.82 bits per heavy atom. The first-order valence-electron chi connectivity index (χ1n) is 5.04. The molecule has 0 saturated carbocycles. The van der Waals surface area contributed by atoms with E-state index >= 15 is 0 Å². The lowest BCUT2D eigenvalue weighted by atomic mass is 10.1. The van der Waals surface area contributed by atoms with Crippen molar-refractivity contribution in [2.24, 2.45) is 5.73 Å². The van der Waals surface area contributed by atoms with E-state index in [4.69, 9.17) is 29.6 Å². The highest BCUT2D eigenvalue weighted by molar-refractivity contribution is 7.80. The number of nitrogens with one attached hydrogen (secondary N) is 1. The van der Waals surface area contributed by atoms with Gasteiger partial charge in [0.2, 0.25) is 0 Å². The fraction of sp³-hybridized carbons (Fsp3) is 0.273. The standard InChI is InChI=1S/C11H13ClN2O2S/c1-2-8(10(13)17)14-11(16)7-5-6(12)3-4-9(7)15/h3-5,8,15H,2H2,1H3,(H2,13,17)(H,14,16). The third kappa shape index (κ3) is 3.57. The summed E-state index contributed by atoms with van der Waals surface area (Å²) < 4.78 is 0. The van der Waals surface area contributed by atoms with Crippen LogP contribution in [0.25, 0.3) is 0 Å². The average molecular weight is 273 g/mol. The number of hydrogen-bond acceptors (Lipinski definition) is 3. The van der Waals surface area contributed by atoms with Gasteiger partial charge in [-0.05, 0) is 24.6 Å². The Bertz CT molecular complexity index is 451. The van der Waals surface area contributed by atoms with Crippen LogP contribution < -0.4 is 11.1 Å². The van der Waals surface area contributed by atoms with Gasteiger partial charge in [0.25, 0.3) is 5.91 Å². The van der Waals surface area contributed by atoms with Crippen molar-refractivity contribution in [1.29, 1.82) is 0 Å². The van der Waals surface area contributed by atoms with E-state index in [1.807, 2.05) is 6.92 Å². The number of nitrogens with two attached hydrogens (primary N) is 1. The van der Waals surface area contributed by atoms with E-state index in [0.717, 1.165) is 0 Å². The lowest BCUT2D eigenvalue weighted by molar-refractivity contribution is 0.0943. The Balaban J connectivity index is 2.89. The van der Waals surface area contributed by atoms with Gasteiger partial charge in [-0.1, -0.05) is 30.7 Å². The highest BCUT2D eigenvalue weighted by Gasteiger charge is 2.17. The van der Waals surface area contributed by atoms with Crippen LogP contribution in [-0.4, -0.2) is 22.0 Å². The molecule has 1 aromatic carbocycles. The van der Waals surface area contributed by atoms with Crippen LogP contribution in [-0.2, 0) is 0 Å². The summed E-state index contributed by atoms with van der Waals surface area (Å²) in [7, 11) is 0. The molecule has 0 aliphatic carbocycles. The summed E-state index contributed by atoms with van der Waals surface area (Å²) in [6, 6.07) is 3.85. The molecule has 4 N–H and O–H groups in total. The Morgan fingerprint density at radius 1 is 1.65 bits per heavy atom. The highest BCUT2D eigenvalue weighted by atomic mass is 35.5. The number of phenols is 1. The van der Waals surface area contributed by atoms with E-state index in [-0.39, 0.29) is 16.3 Å². The van der Waals surface area contributed by atoms with E-state index in [9.17, 15) is 9.90 Å². The van der Waals surface area contributed by atoms with Crippen LogP contribution in [0.1, 0.15) is 23.7 Å². The second kappa shape index (κ2) is 5.84. The Labute approximate surface area is 110 Å². The Morgan fingerprint density at radius 2 is 2.29 bits per heavy atom. The van der Waals surface area contributed by atoms with Crippen LogP contribution in [0.5, 0.6) is 5.75 Å². The minimum atomic E-state index is -0.454. The highest BCUT2D eigenvalue weighted by Crippen LogP contribution is 2.21. The molecular weight excluding hydrogens is 260 g/mol. The molecule has 17 heavy (non-hydrogen) atoms. The molecule has 4 nitrogen and oxygen atoms in total. The van der Waals surface area contributed by atoms with Gasteiger partial charge in [0.1, 0.15) is 5.75 Å². The monoisotopic (exact) mass is 272 g/mol. The first-order chi connectivity index (χ1) is 7.95. The van der Waals surface area contributed by atoms with Gasteiger partial charge in [-0.3, -0.25) is 4.79 Å². The molecule has 6 heteroatoms. The van der Waals surface area contributed by atoms with Gasteiger partial charge in [0, 0.05) is 5.02 Å². The zero-order valence-corrected chi connectivity index (χ0v) is 10.8. The van der Waals surface area contributed by atoms with E-state index in [2.05, 4.69) is 5.32 Å². The van der Waals surface area contributed by atoms with Crippen molar-refractivity contribution >= 4 is 34.7 Å². The minimum Gasteiger partial charge on any atom is -0.507 e. The predicted octanol–water partition coefficient (Wildman–Crippen LogP) is 1.84. The molecular formula is C11H13ClN2O2S. The van der Waals surface area contributed by atoms with Crippen molar-refractivity contribution in [3.8, 4) is 5.75 Å². The molecule has 0 saturated heterocycles. The number of halogens is 1. The summed E-state index contributed by atoms with van der Waals surface area (Å²) in [5, 5.41) is 12.5. The number of carbonyl (C=O) groups excluding carboxylic acids is 1. The number of carbonyl (C=O) groups is 1. The first kappa shape index (κ1) is 13.7. The molecule has 0 aliphatic heterocycles. The molecule has 0 aliphatic rings. The number of hydrogen-bond donors (Lipinski definition) is 3. The van der Waals surface area contributed by atoms with Gasteiger partial charge in [-0.25, -0.2) is 0 Å². The summed E-state index contributed by atoms with van der Waals surface area (Å²) in [5.41, 5.74) is 5.57. The molecule has 1 rings (SSSR count). The maximum Gasteiger partial charge on any atom is 0.255 e. The van der Waals surface area contributed by atoms with E-state index < -0.39 is 11.9 Å². The summed E-state index contributed by atoms with van der Waals surface area (Å²) in [5.74, 6) is -0.589. The Kier molecular flexibility index (Phi) is 4.72. The van der Waals surface area contributed by atoms with Crippen molar-refractivity contribution in [1.82, 2.24) is 5.32 Å². The molecule has 0 fully saturated rings. The fourth-order valence-corrected chi connectivity index (χ4v) is 1.70. The SMILES string of the molecule is CCC(NC(=O)c1cc(Cl)ccc1O)C(N)=S. The summed E-state index contributed by atoms with van der Waals surface area (Å²) in [4.78, 5) is 12.1. The van der Waals surface area contributed by atoms with E-state index in [1.165, 1.54) is 18.2 Å². The zero-order chi connectivity index (χ0) is 13.0. The molecule has 1 atom stereocenters. The molecule has 0 radical (unpaired) electrons. The van der Waals surface area contributed by atoms with Crippen molar-refractivity contribution in [3.63, 3.8) is 0 Å². The number of phenolic OH excluding ortho intramolecular Hbond substituents is 1.